The number of hydrogen-bond donors (Lipinski definition) is 2. The number of benzene rings is 1. The van der Waals surface area contributed by atoms with E-state index in [2.05, 4.69) is 4.90 Å². The molecule has 1 heterocycles. The van der Waals surface area contributed by atoms with Gasteiger partial charge in [0.2, 0.25) is 0 Å². The summed E-state index contributed by atoms with van der Waals surface area (Å²) in [5.74, 6) is 0. The van der Waals surface area contributed by atoms with Gasteiger partial charge in [-0.1, -0.05) is 18.2 Å². The predicted octanol–water partition coefficient (Wildman–Crippen LogP) is 1.16. The van der Waals surface area contributed by atoms with Gasteiger partial charge in [-0.25, -0.2) is 0 Å². The number of rotatable bonds is 3. The van der Waals surface area contributed by atoms with E-state index in [9.17, 15) is 10.2 Å². The average Bonchev–Trinajstić information content (AvgIpc) is 2.36. The van der Waals surface area contributed by atoms with E-state index >= 15 is 0 Å². The van der Waals surface area contributed by atoms with Gasteiger partial charge in [-0.15, -0.1) is 0 Å². The summed E-state index contributed by atoms with van der Waals surface area (Å²) < 4.78 is 5.79. The quantitative estimate of drug-likeness (QED) is 0.846. The molecule has 2 rings (SSSR count). The van der Waals surface area contributed by atoms with Crippen molar-refractivity contribution in [2.75, 3.05) is 24.6 Å². The van der Waals surface area contributed by atoms with Crippen LogP contribution < -0.4 is 4.90 Å². The van der Waals surface area contributed by atoms with Gasteiger partial charge >= 0.3 is 0 Å². The van der Waals surface area contributed by atoms with Crippen molar-refractivity contribution in [3.05, 3.63) is 29.8 Å². The summed E-state index contributed by atoms with van der Waals surface area (Å²) in [6, 6.07) is 7.81. The number of aliphatic hydroxyl groups is 2. The van der Waals surface area contributed by atoms with Crippen molar-refractivity contribution >= 4 is 5.69 Å². The van der Waals surface area contributed by atoms with Gasteiger partial charge in [0.25, 0.3) is 0 Å². The fourth-order valence-corrected chi connectivity index (χ4v) is 2.53. The van der Waals surface area contributed by atoms with Crippen LogP contribution in [0, 0.1) is 0 Å². The highest BCUT2D eigenvalue weighted by molar-refractivity contribution is 5.54. The largest absolute Gasteiger partial charge is 0.394 e. The van der Waals surface area contributed by atoms with E-state index in [4.69, 9.17) is 4.74 Å². The fraction of sp³-hybridized carbons (Fsp3) is 0.571. The van der Waals surface area contributed by atoms with Crippen LogP contribution in [0.2, 0.25) is 0 Å². The van der Waals surface area contributed by atoms with Crippen LogP contribution in [0.25, 0.3) is 0 Å². The minimum Gasteiger partial charge on any atom is -0.394 e. The van der Waals surface area contributed by atoms with Crippen molar-refractivity contribution in [3.63, 3.8) is 0 Å². The van der Waals surface area contributed by atoms with Crippen molar-refractivity contribution in [2.45, 2.75) is 32.2 Å². The third kappa shape index (κ3) is 2.83. The Hall–Kier alpha value is -1.10. The summed E-state index contributed by atoms with van der Waals surface area (Å²) in [7, 11) is 0. The van der Waals surface area contributed by atoms with Gasteiger partial charge < -0.3 is 19.8 Å². The molecular weight excluding hydrogens is 230 g/mol. The zero-order chi connectivity index (χ0) is 13.2. The monoisotopic (exact) mass is 251 g/mol. The highest BCUT2D eigenvalue weighted by Crippen LogP contribution is 2.28. The molecule has 1 atom stereocenters. The molecule has 1 saturated heterocycles. The Kier molecular flexibility index (Phi) is 3.90. The molecule has 0 amide bonds. The number of anilines is 1. The smallest absolute Gasteiger partial charge is 0.0988 e. The molecule has 1 aromatic carbocycles. The molecule has 0 aromatic heterocycles. The molecule has 2 N–H and O–H groups in total. The van der Waals surface area contributed by atoms with E-state index in [1.54, 1.807) is 0 Å². The highest BCUT2D eigenvalue weighted by atomic mass is 16.5. The van der Waals surface area contributed by atoms with Gasteiger partial charge in [0.1, 0.15) is 0 Å². The maximum Gasteiger partial charge on any atom is 0.0988 e. The summed E-state index contributed by atoms with van der Waals surface area (Å²) >= 11 is 0. The fourth-order valence-electron chi connectivity index (χ4n) is 2.53. The van der Waals surface area contributed by atoms with E-state index in [-0.39, 0.29) is 24.9 Å². The lowest BCUT2D eigenvalue weighted by Crippen LogP contribution is -2.54. The highest BCUT2D eigenvalue weighted by Gasteiger charge is 2.33. The molecule has 0 bridgehead atoms. The number of hydrogen-bond acceptors (Lipinski definition) is 4. The molecule has 4 nitrogen and oxygen atoms in total. The first-order chi connectivity index (χ1) is 8.55. The second-order valence-corrected chi connectivity index (χ2v) is 5.35. The second-order valence-electron chi connectivity index (χ2n) is 5.35. The summed E-state index contributed by atoms with van der Waals surface area (Å²) in [4.78, 5) is 2.18. The molecule has 1 aliphatic rings. The third-order valence-corrected chi connectivity index (χ3v) is 3.19. The molecule has 1 unspecified atom stereocenters. The van der Waals surface area contributed by atoms with Gasteiger partial charge in [-0.05, 0) is 19.9 Å². The maximum atomic E-state index is 9.39. The molecule has 0 saturated carbocycles. The van der Waals surface area contributed by atoms with Gasteiger partial charge in [0.05, 0.1) is 24.9 Å². The third-order valence-electron chi connectivity index (χ3n) is 3.19. The van der Waals surface area contributed by atoms with Crippen LogP contribution in [0.15, 0.2) is 24.3 Å². The standard InChI is InChI=1S/C14H21NO3/c1-14(2)10-15(7-12(9-17)18-14)13-6-4-3-5-11(13)8-16/h3-6,12,16-17H,7-10H2,1-2H3. The SMILES string of the molecule is CC1(C)CN(c2ccccc2CO)CC(CO)O1. The van der Waals surface area contributed by atoms with Crippen LogP contribution in [0.5, 0.6) is 0 Å². The first-order valence-corrected chi connectivity index (χ1v) is 6.28. The summed E-state index contributed by atoms with van der Waals surface area (Å²) in [6.45, 7) is 5.48. The predicted molar refractivity (Wildman–Crippen MR) is 70.6 cm³/mol. The summed E-state index contributed by atoms with van der Waals surface area (Å²) in [5, 5.41) is 18.7. The van der Waals surface area contributed by atoms with Crippen molar-refractivity contribution < 1.29 is 14.9 Å². The first-order valence-electron chi connectivity index (χ1n) is 6.28. The maximum absolute atomic E-state index is 9.39. The number of nitrogens with zero attached hydrogens (tertiary/aromatic N) is 1. The summed E-state index contributed by atoms with van der Waals surface area (Å²) in [5.41, 5.74) is 1.63. The Morgan fingerprint density at radius 3 is 2.72 bits per heavy atom. The molecule has 1 aliphatic heterocycles. The zero-order valence-electron chi connectivity index (χ0n) is 11.0. The molecule has 0 aliphatic carbocycles. The van der Waals surface area contributed by atoms with Gasteiger partial charge in [-0.3, -0.25) is 0 Å². The minimum atomic E-state index is -0.297. The Morgan fingerprint density at radius 2 is 2.06 bits per heavy atom. The van der Waals surface area contributed by atoms with E-state index in [0.717, 1.165) is 17.8 Å². The van der Waals surface area contributed by atoms with Crippen molar-refractivity contribution in [3.8, 4) is 0 Å². The lowest BCUT2D eigenvalue weighted by Gasteiger charge is -2.44. The van der Waals surface area contributed by atoms with Crippen molar-refractivity contribution in [2.24, 2.45) is 0 Å². The normalized spacial score (nSPS) is 23.1. The molecule has 4 heteroatoms. The molecule has 0 radical (unpaired) electrons. The number of aliphatic hydroxyl groups excluding tert-OH is 2. The first kappa shape index (κ1) is 13.3. The second kappa shape index (κ2) is 5.26. The molecule has 18 heavy (non-hydrogen) atoms. The van der Waals surface area contributed by atoms with E-state index in [1.165, 1.54) is 0 Å². The molecule has 1 fully saturated rings. The van der Waals surface area contributed by atoms with Gasteiger partial charge in [0.15, 0.2) is 0 Å². The lowest BCUT2D eigenvalue weighted by atomic mass is 10.0. The topological polar surface area (TPSA) is 52.9 Å². The van der Waals surface area contributed by atoms with Crippen LogP contribution in [0.4, 0.5) is 5.69 Å². The van der Waals surface area contributed by atoms with Crippen LogP contribution >= 0.6 is 0 Å². The Balaban J connectivity index is 2.26. The van der Waals surface area contributed by atoms with Gasteiger partial charge in [0, 0.05) is 24.3 Å². The summed E-state index contributed by atoms with van der Waals surface area (Å²) in [6.07, 6.45) is -0.180. The Labute approximate surface area is 108 Å². The lowest BCUT2D eigenvalue weighted by molar-refractivity contribution is -0.101. The van der Waals surface area contributed by atoms with E-state index in [1.807, 2.05) is 38.1 Å². The van der Waals surface area contributed by atoms with Crippen LogP contribution in [0.3, 0.4) is 0 Å². The van der Waals surface area contributed by atoms with Crippen molar-refractivity contribution in [1.82, 2.24) is 0 Å². The minimum absolute atomic E-state index is 0.0151. The number of morpholine rings is 1. The van der Waals surface area contributed by atoms with Crippen LogP contribution in [0.1, 0.15) is 19.4 Å². The van der Waals surface area contributed by atoms with Crippen LogP contribution in [-0.2, 0) is 11.3 Å². The molecular formula is C14H21NO3. The van der Waals surface area contributed by atoms with Gasteiger partial charge in [-0.2, -0.15) is 0 Å². The zero-order valence-corrected chi connectivity index (χ0v) is 11.0. The van der Waals surface area contributed by atoms with E-state index in [0.29, 0.717) is 6.54 Å². The Bertz CT molecular complexity index is 406. The average molecular weight is 251 g/mol. The molecule has 0 spiro atoms. The number of ether oxygens (including phenoxy) is 1. The van der Waals surface area contributed by atoms with Crippen molar-refractivity contribution in [1.29, 1.82) is 0 Å². The van der Waals surface area contributed by atoms with E-state index < -0.39 is 0 Å². The van der Waals surface area contributed by atoms with Crippen LogP contribution in [-0.4, -0.2) is 41.6 Å². The Morgan fingerprint density at radius 1 is 1.33 bits per heavy atom. The number of para-hydroxylation sites is 1. The molecule has 100 valence electrons. The molecule has 1 aromatic rings.